The fourth-order valence-corrected chi connectivity index (χ4v) is 3.31. The molecule has 1 aliphatic rings. The summed E-state index contributed by atoms with van der Waals surface area (Å²) in [4.78, 5) is 2.41. The molecule has 0 amide bonds. The first-order valence-electron chi connectivity index (χ1n) is 9.17. The number of rotatable bonds is 5. The van der Waals surface area contributed by atoms with Crippen LogP contribution in [0.4, 0.5) is 5.82 Å². The van der Waals surface area contributed by atoms with Crippen LogP contribution in [0.3, 0.4) is 0 Å². The van der Waals surface area contributed by atoms with Crippen molar-refractivity contribution in [1.29, 1.82) is 0 Å². The van der Waals surface area contributed by atoms with Crippen molar-refractivity contribution in [2.75, 3.05) is 44.7 Å². The minimum atomic E-state index is 0.833. The summed E-state index contributed by atoms with van der Waals surface area (Å²) in [6, 6.07) is 16.9. The maximum Gasteiger partial charge on any atom is 0.151 e. The molecular formula is C21H24N4O. The molecule has 0 radical (unpaired) electrons. The van der Waals surface area contributed by atoms with Gasteiger partial charge in [0, 0.05) is 31.7 Å². The number of benzene rings is 2. The van der Waals surface area contributed by atoms with Crippen molar-refractivity contribution in [3.63, 3.8) is 0 Å². The average molecular weight is 348 g/mol. The van der Waals surface area contributed by atoms with E-state index in [9.17, 15) is 0 Å². The van der Waals surface area contributed by atoms with E-state index in [1.165, 1.54) is 10.8 Å². The first-order valence-corrected chi connectivity index (χ1v) is 9.17. The minimum absolute atomic E-state index is 0.833. The number of anilines is 1. The van der Waals surface area contributed by atoms with Crippen LogP contribution in [0.25, 0.3) is 22.0 Å². The molecule has 134 valence electrons. The van der Waals surface area contributed by atoms with Crippen LogP contribution in [-0.2, 0) is 4.74 Å². The third-order valence-corrected chi connectivity index (χ3v) is 4.85. The van der Waals surface area contributed by atoms with Crippen LogP contribution in [-0.4, -0.2) is 54.5 Å². The molecule has 3 aromatic rings. The van der Waals surface area contributed by atoms with E-state index >= 15 is 0 Å². The lowest BCUT2D eigenvalue weighted by Crippen LogP contribution is -2.39. The molecule has 0 unspecified atom stereocenters. The van der Waals surface area contributed by atoms with Gasteiger partial charge in [-0.1, -0.05) is 36.4 Å². The number of fused-ring (bicyclic) bond motifs is 1. The van der Waals surface area contributed by atoms with Crippen molar-refractivity contribution < 1.29 is 4.74 Å². The Labute approximate surface area is 154 Å². The second-order valence-corrected chi connectivity index (χ2v) is 6.70. The molecule has 5 heteroatoms. The molecule has 1 fully saturated rings. The number of nitrogens with zero attached hydrogens (tertiary/aromatic N) is 3. The third kappa shape index (κ3) is 3.84. The Kier molecular flexibility index (Phi) is 5.09. The van der Waals surface area contributed by atoms with Crippen LogP contribution in [0.15, 0.2) is 48.5 Å². The van der Waals surface area contributed by atoms with Crippen LogP contribution in [0.2, 0.25) is 0 Å². The zero-order valence-corrected chi connectivity index (χ0v) is 15.1. The van der Waals surface area contributed by atoms with Crippen molar-refractivity contribution in [1.82, 2.24) is 15.1 Å². The molecule has 1 aromatic heterocycles. The van der Waals surface area contributed by atoms with Gasteiger partial charge in [0.25, 0.3) is 0 Å². The van der Waals surface area contributed by atoms with Gasteiger partial charge in [0.05, 0.1) is 18.9 Å². The quantitative estimate of drug-likeness (QED) is 0.766. The highest BCUT2D eigenvalue weighted by atomic mass is 16.5. The Morgan fingerprint density at radius 2 is 1.81 bits per heavy atom. The van der Waals surface area contributed by atoms with Gasteiger partial charge in [0.2, 0.25) is 0 Å². The minimum Gasteiger partial charge on any atom is -0.379 e. The number of aromatic nitrogens is 2. The van der Waals surface area contributed by atoms with E-state index in [1.54, 1.807) is 0 Å². The standard InChI is InChI=1S/C21H24N4O/c1-16-14-20(19-7-6-17-4-2-3-5-18(17)15-19)23-24-21(16)22-8-9-25-10-12-26-13-11-25/h2-7,14-15H,8-13H2,1H3,(H,22,24). The van der Waals surface area contributed by atoms with E-state index in [1.807, 2.05) is 0 Å². The van der Waals surface area contributed by atoms with Crippen molar-refractivity contribution in [2.45, 2.75) is 6.92 Å². The molecule has 0 spiro atoms. The Morgan fingerprint density at radius 3 is 2.62 bits per heavy atom. The molecule has 1 N–H and O–H groups in total. The van der Waals surface area contributed by atoms with Crippen molar-refractivity contribution in [2.24, 2.45) is 0 Å². The SMILES string of the molecule is Cc1cc(-c2ccc3ccccc3c2)nnc1NCCN1CCOCC1. The zero-order valence-electron chi connectivity index (χ0n) is 15.1. The molecule has 1 saturated heterocycles. The average Bonchev–Trinajstić information content (AvgIpc) is 2.69. The van der Waals surface area contributed by atoms with Crippen LogP contribution in [0, 0.1) is 6.92 Å². The summed E-state index contributed by atoms with van der Waals surface area (Å²) < 4.78 is 5.38. The second-order valence-electron chi connectivity index (χ2n) is 6.70. The number of hydrogen-bond acceptors (Lipinski definition) is 5. The monoisotopic (exact) mass is 348 g/mol. The summed E-state index contributed by atoms with van der Waals surface area (Å²) in [5.74, 6) is 0.864. The summed E-state index contributed by atoms with van der Waals surface area (Å²) in [5.41, 5.74) is 3.12. The van der Waals surface area contributed by atoms with Crippen molar-refractivity contribution in [3.8, 4) is 11.3 Å². The number of aryl methyl sites for hydroxylation is 1. The molecular weight excluding hydrogens is 324 g/mol. The van der Waals surface area contributed by atoms with Gasteiger partial charge in [-0.25, -0.2) is 0 Å². The Morgan fingerprint density at radius 1 is 1.00 bits per heavy atom. The van der Waals surface area contributed by atoms with Crippen molar-refractivity contribution in [3.05, 3.63) is 54.1 Å². The van der Waals surface area contributed by atoms with Gasteiger partial charge in [0.1, 0.15) is 0 Å². The molecule has 0 bridgehead atoms. The molecule has 0 atom stereocenters. The maximum atomic E-state index is 5.38. The maximum absolute atomic E-state index is 5.38. The van der Waals surface area contributed by atoms with Crippen LogP contribution in [0.1, 0.15) is 5.56 Å². The van der Waals surface area contributed by atoms with E-state index in [0.29, 0.717) is 0 Å². The first kappa shape index (κ1) is 16.9. The Hall–Kier alpha value is -2.50. The van der Waals surface area contributed by atoms with E-state index in [2.05, 4.69) is 75.9 Å². The predicted octanol–water partition coefficient (Wildman–Crippen LogP) is 3.35. The van der Waals surface area contributed by atoms with E-state index in [0.717, 1.165) is 62.0 Å². The lowest BCUT2D eigenvalue weighted by Gasteiger charge is -2.26. The summed E-state index contributed by atoms with van der Waals surface area (Å²) in [7, 11) is 0. The van der Waals surface area contributed by atoms with Gasteiger partial charge in [-0.3, -0.25) is 4.90 Å². The van der Waals surface area contributed by atoms with E-state index in [-0.39, 0.29) is 0 Å². The molecule has 1 aliphatic heterocycles. The Balaban J connectivity index is 1.44. The molecule has 26 heavy (non-hydrogen) atoms. The molecule has 0 saturated carbocycles. The van der Waals surface area contributed by atoms with E-state index in [4.69, 9.17) is 4.74 Å². The lowest BCUT2D eigenvalue weighted by atomic mass is 10.0. The number of nitrogens with one attached hydrogen (secondary N) is 1. The van der Waals surface area contributed by atoms with Gasteiger partial charge in [-0.15, -0.1) is 10.2 Å². The van der Waals surface area contributed by atoms with Gasteiger partial charge in [-0.2, -0.15) is 0 Å². The van der Waals surface area contributed by atoms with Crippen LogP contribution < -0.4 is 5.32 Å². The highest BCUT2D eigenvalue weighted by Gasteiger charge is 2.10. The second kappa shape index (κ2) is 7.81. The summed E-state index contributed by atoms with van der Waals surface area (Å²) in [6.45, 7) is 7.62. The molecule has 2 aromatic carbocycles. The summed E-state index contributed by atoms with van der Waals surface area (Å²) >= 11 is 0. The fraction of sp³-hybridized carbons (Fsp3) is 0.333. The topological polar surface area (TPSA) is 50.3 Å². The molecule has 2 heterocycles. The van der Waals surface area contributed by atoms with Gasteiger partial charge >= 0.3 is 0 Å². The molecule has 0 aliphatic carbocycles. The summed E-state index contributed by atoms with van der Waals surface area (Å²) in [5, 5.41) is 14.7. The molecule has 5 nitrogen and oxygen atoms in total. The zero-order chi connectivity index (χ0) is 17.8. The predicted molar refractivity (Wildman–Crippen MR) is 105 cm³/mol. The Bertz CT molecular complexity index is 890. The number of morpholine rings is 1. The van der Waals surface area contributed by atoms with Gasteiger partial charge < -0.3 is 10.1 Å². The summed E-state index contributed by atoms with van der Waals surface area (Å²) in [6.07, 6.45) is 0. The highest BCUT2D eigenvalue weighted by molar-refractivity contribution is 5.86. The first-order chi connectivity index (χ1) is 12.8. The van der Waals surface area contributed by atoms with Crippen molar-refractivity contribution >= 4 is 16.6 Å². The van der Waals surface area contributed by atoms with Gasteiger partial charge in [0.15, 0.2) is 5.82 Å². The number of ether oxygens (including phenoxy) is 1. The normalized spacial score (nSPS) is 15.3. The highest BCUT2D eigenvalue weighted by Crippen LogP contribution is 2.24. The van der Waals surface area contributed by atoms with E-state index < -0.39 is 0 Å². The van der Waals surface area contributed by atoms with Crippen LogP contribution in [0.5, 0.6) is 0 Å². The van der Waals surface area contributed by atoms with Crippen LogP contribution >= 0.6 is 0 Å². The molecule has 4 rings (SSSR count). The van der Waals surface area contributed by atoms with Gasteiger partial charge in [-0.05, 0) is 35.4 Å². The fourth-order valence-electron chi connectivity index (χ4n) is 3.31. The smallest absolute Gasteiger partial charge is 0.151 e. The largest absolute Gasteiger partial charge is 0.379 e. The lowest BCUT2D eigenvalue weighted by molar-refractivity contribution is 0.0398. The number of hydrogen-bond donors (Lipinski definition) is 1. The third-order valence-electron chi connectivity index (χ3n) is 4.85.